The van der Waals surface area contributed by atoms with Crippen molar-refractivity contribution in [1.82, 2.24) is 9.97 Å². The van der Waals surface area contributed by atoms with Crippen LogP contribution in [0.5, 0.6) is 0 Å². The molecule has 19 heavy (non-hydrogen) atoms. The summed E-state index contributed by atoms with van der Waals surface area (Å²) in [6, 6.07) is 13.7. The monoisotopic (exact) mass is 251 g/mol. The second-order valence-electron chi connectivity index (χ2n) is 4.37. The van der Waals surface area contributed by atoms with Gasteiger partial charge in [-0.2, -0.15) is 0 Å². The van der Waals surface area contributed by atoms with Crippen LogP contribution in [0.25, 0.3) is 22.0 Å². The maximum atomic E-state index is 11.6. The van der Waals surface area contributed by atoms with Crippen molar-refractivity contribution in [2.24, 2.45) is 5.73 Å². The maximum absolute atomic E-state index is 11.6. The predicted molar refractivity (Wildman–Crippen MR) is 75.7 cm³/mol. The number of H-pyrrole nitrogens is 1. The van der Waals surface area contributed by atoms with E-state index in [1.54, 1.807) is 6.07 Å². The molecule has 0 bridgehead atoms. The molecule has 0 aliphatic heterocycles. The fraction of sp³-hybridized carbons (Fsp3) is 0.0667. The molecular formula is C15H13N3O. The third-order valence-electron chi connectivity index (χ3n) is 3.14. The van der Waals surface area contributed by atoms with Gasteiger partial charge in [0.05, 0.1) is 17.2 Å². The predicted octanol–water partition coefficient (Wildman–Crippen LogP) is 2.05. The number of rotatable bonds is 2. The Hall–Kier alpha value is -2.46. The lowest BCUT2D eigenvalue weighted by Crippen LogP contribution is -2.05. The van der Waals surface area contributed by atoms with Crippen molar-refractivity contribution in [1.29, 1.82) is 0 Å². The summed E-state index contributed by atoms with van der Waals surface area (Å²) in [5, 5.41) is 0.598. The summed E-state index contributed by atoms with van der Waals surface area (Å²) in [7, 11) is 0. The molecule has 4 nitrogen and oxygen atoms in total. The summed E-state index contributed by atoms with van der Waals surface area (Å²) in [5.41, 5.74) is 9.41. The molecular weight excluding hydrogens is 238 g/mol. The molecule has 0 atom stereocenters. The van der Waals surface area contributed by atoms with Crippen LogP contribution in [0.2, 0.25) is 0 Å². The van der Waals surface area contributed by atoms with Gasteiger partial charge in [-0.1, -0.05) is 24.3 Å². The maximum Gasteiger partial charge on any atom is 0.258 e. The Bertz CT molecular complexity index is 792. The lowest BCUT2D eigenvalue weighted by atomic mass is 10.0. The average Bonchev–Trinajstić information content (AvgIpc) is 2.47. The molecule has 1 heterocycles. The van der Waals surface area contributed by atoms with E-state index in [9.17, 15) is 4.79 Å². The normalized spacial score (nSPS) is 10.8. The van der Waals surface area contributed by atoms with Gasteiger partial charge < -0.3 is 10.7 Å². The van der Waals surface area contributed by atoms with Crippen molar-refractivity contribution >= 4 is 10.9 Å². The zero-order valence-electron chi connectivity index (χ0n) is 10.3. The van der Waals surface area contributed by atoms with Crippen molar-refractivity contribution < 1.29 is 0 Å². The smallest absolute Gasteiger partial charge is 0.258 e. The molecule has 0 aliphatic rings. The van der Waals surface area contributed by atoms with Gasteiger partial charge in [0.2, 0.25) is 0 Å². The standard InChI is InChI=1S/C15H13N3O/c16-8-10-2-1-3-11(6-10)12-4-5-13-14(7-12)17-9-18-15(13)19/h1-7,9H,8,16H2,(H,17,18,19). The van der Waals surface area contributed by atoms with Crippen LogP contribution in [0.3, 0.4) is 0 Å². The van der Waals surface area contributed by atoms with Crippen LogP contribution in [0.4, 0.5) is 0 Å². The van der Waals surface area contributed by atoms with Crippen LogP contribution in [-0.2, 0) is 6.54 Å². The van der Waals surface area contributed by atoms with E-state index in [2.05, 4.69) is 9.97 Å². The minimum absolute atomic E-state index is 0.118. The molecule has 0 radical (unpaired) electrons. The zero-order valence-corrected chi connectivity index (χ0v) is 10.3. The molecule has 1 aromatic heterocycles. The number of hydrogen-bond donors (Lipinski definition) is 2. The van der Waals surface area contributed by atoms with Crippen molar-refractivity contribution in [3.63, 3.8) is 0 Å². The fourth-order valence-electron chi connectivity index (χ4n) is 2.13. The van der Waals surface area contributed by atoms with E-state index in [0.29, 0.717) is 17.4 Å². The highest BCUT2D eigenvalue weighted by Crippen LogP contribution is 2.22. The molecule has 0 saturated carbocycles. The van der Waals surface area contributed by atoms with Crippen molar-refractivity contribution in [3.8, 4) is 11.1 Å². The first-order valence-electron chi connectivity index (χ1n) is 6.05. The van der Waals surface area contributed by atoms with Gasteiger partial charge in [0.15, 0.2) is 0 Å². The third kappa shape index (κ3) is 2.13. The Kier molecular flexibility index (Phi) is 2.85. The minimum atomic E-state index is -0.118. The van der Waals surface area contributed by atoms with E-state index < -0.39 is 0 Å². The highest BCUT2D eigenvalue weighted by atomic mass is 16.1. The number of benzene rings is 2. The van der Waals surface area contributed by atoms with Crippen LogP contribution >= 0.6 is 0 Å². The SMILES string of the molecule is NCc1cccc(-c2ccc3c(=O)[nH]cnc3c2)c1. The number of nitrogens with one attached hydrogen (secondary N) is 1. The van der Waals surface area contributed by atoms with Crippen molar-refractivity contribution in [2.75, 3.05) is 0 Å². The minimum Gasteiger partial charge on any atom is -0.326 e. The number of fused-ring (bicyclic) bond motifs is 1. The van der Waals surface area contributed by atoms with Gasteiger partial charge >= 0.3 is 0 Å². The topological polar surface area (TPSA) is 71.8 Å². The summed E-state index contributed by atoms with van der Waals surface area (Å²) < 4.78 is 0. The molecule has 0 spiro atoms. The molecule has 0 saturated heterocycles. The van der Waals surface area contributed by atoms with Crippen LogP contribution in [-0.4, -0.2) is 9.97 Å². The van der Waals surface area contributed by atoms with Crippen molar-refractivity contribution in [2.45, 2.75) is 6.54 Å². The van der Waals surface area contributed by atoms with Crippen LogP contribution in [0.15, 0.2) is 53.6 Å². The molecule has 2 aromatic carbocycles. The van der Waals surface area contributed by atoms with E-state index in [-0.39, 0.29) is 5.56 Å². The lowest BCUT2D eigenvalue weighted by molar-refractivity contribution is 1.07. The summed E-state index contributed by atoms with van der Waals surface area (Å²) in [6.07, 6.45) is 1.42. The van der Waals surface area contributed by atoms with Gasteiger partial charge in [0.1, 0.15) is 0 Å². The number of nitrogens with two attached hydrogens (primary N) is 1. The van der Waals surface area contributed by atoms with Gasteiger partial charge in [-0.3, -0.25) is 4.79 Å². The van der Waals surface area contributed by atoms with Gasteiger partial charge in [-0.05, 0) is 34.9 Å². The first-order valence-corrected chi connectivity index (χ1v) is 6.05. The number of aromatic nitrogens is 2. The van der Waals surface area contributed by atoms with E-state index >= 15 is 0 Å². The second-order valence-corrected chi connectivity index (χ2v) is 4.37. The Balaban J connectivity index is 2.17. The summed E-state index contributed by atoms with van der Waals surface area (Å²) >= 11 is 0. The molecule has 0 unspecified atom stereocenters. The highest BCUT2D eigenvalue weighted by Gasteiger charge is 2.03. The van der Waals surface area contributed by atoms with E-state index in [4.69, 9.17) is 5.73 Å². The molecule has 0 amide bonds. The van der Waals surface area contributed by atoms with Gasteiger partial charge in [0.25, 0.3) is 5.56 Å². The van der Waals surface area contributed by atoms with E-state index in [1.165, 1.54) is 6.33 Å². The Morgan fingerprint density at radius 3 is 2.79 bits per heavy atom. The summed E-state index contributed by atoms with van der Waals surface area (Å²) in [5.74, 6) is 0. The van der Waals surface area contributed by atoms with Crippen LogP contribution in [0.1, 0.15) is 5.56 Å². The molecule has 0 aliphatic carbocycles. The van der Waals surface area contributed by atoms with Gasteiger partial charge in [-0.15, -0.1) is 0 Å². The Labute approximate surface area is 109 Å². The first-order chi connectivity index (χ1) is 9.28. The second kappa shape index (κ2) is 4.66. The number of nitrogens with zero attached hydrogens (tertiary/aromatic N) is 1. The van der Waals surface area contributed by atoms with Crippen LogP contribution < -0.4 is 11.3 Å². The Morgan fingerprint density at radius 1 is 1.11 bits per heavy atom. The van der Waals surface area contributed by atoms with Crippen LogP contribution in [0, 0.1) is 0 Å². The van der Waals surface area contributed by atoms with E-state index in [1.807, 2.05) is 36.4 Å². The molecule has 3 N–H and O–H groups in total. The zero-order chi connectivity index (χ0) is 13.2. The first kappa shape index (κ1) is 11.6. The quantitative estimate of drug-likeness (QED) is 0.732. The number of hydrogen-bond acceptors (Lipinski definition) is 3. The largest absolute Gasteiger partial charge is 0.326 e. The van der Waals surface area contributed by atoms with Gasteiger partial charge in [0, 0.05) is 6.54 Å². The summed E-state index contributed by atoms with van der Waals surface area (Å²) in [6.45, 7) is 0.513. The van der Waals surface area contributed by atoms with Crippen molar-refractivity contribution in [3.05, 3.63) is 64.7 Å². The lowest BCUT2D eigenvalue weighted by Gasteiger charge is -2.05. The third-order valence-corrected chi connectivity index (χ3v) is 3.14. The fourth-order valence-corrected chi connectivity index (χ4v) is 2.13. The number of aromatic amines is 1. The summed E-state index contributed by atoms with van der Waals surface area (Å²) in [4.78, 5) is 18.4. The molecule has 3 aromatic rings. The Morgan fingerprint density at radius 2 is 1.95 bits per heavy atom. The average molecular weight is 251 g/mol. The molecule has 94 valence electrons. The molecule has 4 heteroatoms. The van der Waals surface area contributed by atoms with E-state index in [0.717, 1.165) is 16.7 Å². The molecule has 3 rings (SSSR count). The van der Waals surface area contributed by atoms with Gasteiger partial charge in [-0.25, -0.2) is 4.98 Å². The highest BCUT2D eigenvalue weighted by molar-refractivity contribution is 5.83. The molecule has 0 fully saturated rings.